The second-order valence-corrected chi connectivity index (χ2v) is 5.65. The lowest BCUT2D eigenvalue weighted by Gasteiger charge is -2.30. The zero-order valence-electron chi connectivity index (χ0n) is 11.0. The van der Waals surface area contributed by atoms with Crippen molar-refractivity contribution in [1.29, 1.82) is 0 Å². The number of hydrogen-bond donors (Lipinski definition) is 0. The molecule has 0 N–H and O–H groups in total. The van der Waals surface area contributed by atoms with Crippen molar-refractivity contribution in [2.45, 2.75) is 45.4 Å². The van der Waals surface area contributed by atoms with E-state index in [1.54, 1.807) is 0 Å². The van der Waals surface area contributed by atoms with Gasteiger partial charge in [-0.2, -0.15) is 0 Å². The molecule has 2 aliphatic rings. The Balaban J connectivity index is 1.63. The fraction of sp³-hybridized carbons (Fsp3) is 1.00. The molecule has 1 saturated heterocycles. The smallest absolute Gasteiger partial charge is 0.0109 e. The summed E-state index contributed by atoms with van der Waals surface area (Å²) >= 11 is 0. The molecular formula is C14H28N2. The molecule has 2 heteroatoms. The van der Waals surface area contributed by atoms with E-state index in [0.29, 0.717) is 0 Å². The fourth-order valence-corrected chi connectivity index (χ4v) is 2.74. The van der Waals surface area contributed by atoms with E-state index in [2.05, 4.69) is 16.7 Å². The second-order valence-electron chi connectivity index (χ2n) is 5.65. The monoisotopic (exact) mass is 224 g/mol. The van der Waals surface area contributed by atoms with Crippen LogP contribution < -0.4 is 0 Å². The molecule has 0 bridgehead atoms. The highest BCUT2D eigenvalue weighted by atomic mass is 15.2. The number of hydrogen-bond acceptors (Lipinski definition) is 2. The van der Waals surface area contributed by atoms with E-state index in [9.17, 15) is 0 Å². The summed E-state index contributed by atoms with van der Waals surface area (Å²) in [6, 6.07) is 0. The third kappa shape index (κ3) is 4.42. The van der Waals surface area contributed by atoms with Crippen LogP contribution in [0.1, 0.15) is 45.4 Å². The molecule has 0 radical (unpaired) electrons. The molecule has 0 aromatic rings. The van der Waals surface area contributed by atoms with Gasteiger partial charge in [-0.3, -0.25) is 0 Å². The van der Waals surface area contributed by atoms with Gasteiger partial charge in [0, 0.05) is 19.6 Å². The summed E-state index contributed by atoms with van der Waals surface area (Å²) in [5.74, 6) is 1.05. The molecule has 1 aliphatic heterocycles. The first-order chi connectivity index (χ1) is 7.88. The molecule has 0 amide bonds. The number of likely N-dealkylation sites (tertiary alicyclic amines) is 1. The molecule has 0 atom stereocenters. The predicted molar refractivity (Wildman–Crippen MR) is 69.7 cm³/mol. The molecule has 0 aromatic heterocycles. The van der Waals surface area contributed by atoms with E-state index in [0.717, 1.165) is 5.92 Å². The third-order valence-corrected chi connectivity index (χ3v) is 3.93. The van der Waals surface area contributed by atoms with Crippen LogP contribution in [-0.4, -0.2) is 49.1 Å². The first-order valence-corrected chi connectivity index (χ1v) is 7.33. The Labute approximate surface area is 101 Å². The van der Waals surface area contributed by atoms with Crippen LogP contribution >= 0.6 is 0 Å². The topological polar surface area (TPSA) is 6.48 Å². The molecule has 0 spiro atoms. The minimum atomic E-state index is 1.05. The average Bonchev–Trinajstić information content (AvgIpc) is 3.12. The Kier molecular flexibility index (Phi) is 5.11. The van der Waals surface area contributed by atoms with E-state index in [1.165, 1.54) is 77.8 Å². The van der Waals surface area contributed by atoms with E-state index >= 15 is 0 Å². The lowest BCUT2D eigenvalue weighted by Crippen LogP contribution is -2.38. The van der Waals surface area contributed by atoms with Gasteiger partial charge in [-0.05, 0) is 57.7 Å². The lowest BCUT2D eigenvalue weighted by atomic mass is 10.1. The van der Waals surface area contributed by atoms with Crippen LogP contribution in [0.25, 0.3) is 0 Å². The van der Waals surface area contributed by atoms with Gasteiger partial charge in [-0.15, -0.1) is 0 Å². The maximum Gasteiger partial charge on any atom is 0.0109 e. The summed E-state index contributed by atoms with van der Waals surface area (Å²) < 4.78 is 0. The van der Waals surface area contributed by atoms with Crippen LogP contribution in [0.5, 0.6) is 0 Å². The number of piperidine rings is 1. The van der Waals surface area contributed by atoms with Crippen molar-refractivity contribution in [3.8, 4) is 0 Å². The van der Waals surface area contributed by atoms with Gasteiger partial charge in [0.1, 0.15) is 0 Å². The van der Waals surface area contributed by atoms with E-state index in [4.69, 9.17) is 0 Å². The van der Waals surface area contributed by atoms with E-state index in [1.807, 2.05) is 0 Å². The molecule has 1 aliphatic carbocycles. The first kappa shape index (κ1) is 12.4. The standard InChI is InChI=1S/C14H28N2/c1-2-8-16(13-14-6-7-14)12-11-15-9-4-3-5-10-15/h14H,2-13H2,1H3. The predicted octanol–water partition coefficient (Wildman–Crippen LogP) is 2.59. The Hall–Kier alpha value is -0.0800. The van der Waals surface area contributed by atoms with Crippen LogP contribution in [0.4, 0.5) is 0 Å². The normalized spacial score (nSPS) is 22.9. The Morgan fingerprint density at radius 3 is 2.44 bits per heavy atom. The van der Waals surface area contributed by atoms with Gasteiger partial charge in [0.2, 0.25) is 0 Å². The van der Waals surface area contributed by atoms with Crippen molar-refractivity contribution in [1.82, 2.24) is 9.80 Å². The first-order valence-electron chi connectivity index (χ1n) is 7.33. The number of rotatable bonds is 7. The van der Waals surface area contributed by atoms with Crippen LogP contribution in [-0.2, 0) is 0 Å². The van der Waals surface area contributed by atoms with E-state index < -0.39 is 0 Å². The van der Waals surface area contributed by atoms with Crippen LogP contribution in [0.15, 0.2) is 0 Å². The van der Waals surface area contributed by atoms with Gasteiger partial charge < -0.3 is 9.80 Å². The molecule has 94 valence electrons. The highest BCUT2D eigenvalue weighted by molar-refractivity contribution is 4.78. The maximum atomic E-state index is 2.70. The molecule has 2 nitrogen and oxygen atoms in total. The molecule has 1 heterocycles. The van der Waals surface area contributed by atoms with E-state index in [-0.39, 0.29) is 0 Å². The summed E-state index contributed by atoms with van der Waals surface area (Å²) in [6.07, 6.45) is 8.60. The SMILES string of the molecule is CCCN(CCN1CCCCC1)CC1CC1. The van der Waals surface area contributed by atoms with Gasteiger partial charge in [-0.25, -0.2) is 0 Å². The van der Waals surface area contributed by atoms with Gasteiger partial charge >= 0.3 is 0 Å². The average molecular weight is 224 g/mol. The fourth-order valence-electron chi connectivity index (χ4n) is 2.74. The zero-order chi connectivity index (χ0) is 11.2. The van der Waals surface area contributed by atoms with Crippen molar-refractivity contribution < 1.29 is 0 Å². The summed E-state index contributed by atoms with van der Waals surface area (Å²) in [7, 11) is 0. The summed E-state index contributed by atoms with van der Waals surface area (Å²) in [6.45, 7) is 10.3. The Bertz CT molecular complexity index is 183. The zero-order valence-corrected chi connectivity index (χ0v) is 11.0. The van der Waals surface area contributed by atoms with Crippen molar-refractivity contribution in [3.05, 3.63) is 0 Å². The summed E-state index contributed by atoms with van der Waals surface area (Å²) in [5, 5.41) is 0. The van der Waals surface area contributed by atoms with Crippen LogP contribution in [0, 0.1) is 5.92 Å². The Morgan fingerprint density at radius 2 is 1.81 bits per heavy atom. The molecule has 0 aromatic carbocycles. The summed E-state index contributed by atoms with van der Waals surface area (Å²) in [5.41, 5.74) is 0. The van der Waals surface area contributed by atoms with Crippen molar-refractivity contribution >= 4 is 0 Å². The van der Waals surface area contributed by atoms with Gasteiger partial charge in [0.05, 0.1) is 0 Å². The summed E-state index contributed by atoms with van der Waals surface area (Å²) in [4.78, 5) is 5.37. The van der Waals surface area contributed by atoms with Gasteiger partial charge in [0.25, 0.3) is 0 Å². The molecule has 1 saturated carbocycles. The molecule has 16 heavy (non-hydrogen) atoms. The van der Waals surface area contributed by atoms with Gasteiger partial charge in [-0.1, -0.05) is 13.3 Å². The highest BCUT2D eigenvalue weighted by Gasteiger charge is 2.24. The second kappa shape index (κ2) is 6.61. The molecular weight excluding hydrogens is 196 g/mol. The quantitative estimate of drug-likeness (QED) is 0.656. The lowest BCUT2D eigenvalue weighted by molar-refractivity contribution is 0.178. The number of nitrogens with zero attached hydrogens (tertiary/aromatic N) is 2. The molecule has 2 fully saturated rings. The van der Waals surface area contributed by atoms with Crippen molar-refractivity contribution in [2.24, 2.45) is 5.92 Å². The maximum absolute atomic E-state index is 2.70. The van der Waals surface area contributed by atoms with Crippen LogP contribution in [0.3, 0.4) is 0 Å². The molecule has 2 rings (SSSR count). The van der Waals surface area contributed by atoms with Crippen molar-refractivity contribution in [3.63, 3.8) is 0 Å². The Morgan fingerprint density at radius 1 is 1.06 bits per heavy atom. The minimum Gasteiger partial charge on any atom is -0.302 e. The van der Waals surface area contributed by atoms with Crippen LogP contribution in [0.2, 0.25) is 0 Å². The largest absolute Gasteiger partial charge is 0.302 e. The molecule has 0 unspecified atom stereocenters. The van der Waals surface area contributed by atoms with Gasteiger partial charge in [0.15, 0.2) is 0 Å². The minimum absolute atomic E-state index is 1.05. The highest BCUT2D eigenvalue weighted by Crippen LogP contribution is 2.29. The third-order valence-electron chi connectivity index (χ3n) is 3.93. The van der Waals surface area contributed by atoms with Crippen molar-refractivity contribution in [2.75, 3.05) is 39.3 Å².